The SMILES string of the molecule is CCCCCCCCC1(C(=O)O)CC=C(C)CC1(CCCCCCCC)C(=O)O. The summed E-state index contributed by atoms with van der Waals surface area (Å²) in [6.07, 6.45) is 16.6. The molecule has 0 bridgehead atoms. The fraction of sp³-hybridized carbons (Fsp3) is 0.840. The predicted octanol–water partition coefficient (Wildman–Crippen LogP) is 7.37. The van der Waals surface area contributed by atoms with Crippen molar-refractivity contribution in [3.8, 4) is 0 Å². The fourth-order valence-corrected chi connectivity index (χ4v) is 5.13. The average molecular weight is 409 g/mol. The van der Waals surface area contributed by atoms with Crippen LogP contribution < -0.4 is 0 Å². The average Bonchev–Trinajstić information content (AvgIpc) is 2.68. The molecule has 0 saturated heterocycles. The highest BCUT2D eigenvalue weighted by Crippen LogP contribution is 2.56. The van der Waals surface area contributed by atoms with Gasteiger partial charge in [0.05, 0.1) is 10.8 Å². The van der Waals surface area contributed by atoms with Gasteiger partial charge in [-0.3, -0.25) is 9.59 Å². The van der Waals surface area contributed by atoms with Crippen molar-refractivity contribution in [1.29, 1.82) is 0 Å². The zero-order chi connectivity index (χ0) is 21.8. The van der Waals surface area contributed by atoms with Crippen molar-refractivity contribution in [2.45, 2.75) is 124 Å². The van der Waals surface area contributed by atoms with Gasteiger partial charge in [0.15, 0.2) is 0 Å². The predicted molar refractivity (Wildman–Crippen MR) is 119 cm³/mol. The van der Waals surface area contributed by atoms with Gasteiger partial charge in [-0.1, -0.05) is 103 Å². The summed E-state index contributed by atoms with van der Waals surface area (Å²) in [6.45, 7) is 6.31. The molecular weight excluding hydrogens is 364 g/mol. The molecule has 1 aliphatic rings. The molecule has 29 heavy (non-hydrogen) atoms. The van der Waals surface area contributed by atoms with E-state index >= 15 is 0 Å². The van der Waals surface area contributed by atoms with E-state index in [0.29, 0.717) is 25.7 Å². The lowest BCUT2D eigenvalue weighted by molar-refractivity contribution is -0.177. The number of unbranched alkanes of at least 4 members (excludes halogenated alkanes) is 10. The molecule has 0 fully saturated rings. The molecule has 2 N–H and O–H groups in total. The maximum atomic E-state index is 12.6. The number of hydrogen-bond acceptors (Lipinski definition) is 2. The molecule has 0 aromatic carbocycles. The van der Waals surface area contributed by atoms with Crippen molar-refractivity contribution in [3.63, 3.8) is 0 Å². The third-order valence-electron chi connectivity index (χ3n) is 7.03. The van der Waals surface area contributed by atoms with Gasteiger partial charge in [0, 0.05) is 0 Å². The molecule has 4 heteroatoms. The minimum atomic E-state index is -1.17. The maximum absolute atomic E-state index is 12.6. The quantitative estimate of drug-likeness (QED) is 0.206. The summed E-state index contributed by atoms with van der Waals surface area (Å²) in [6, 6.07) is 0. The summed E-state index contributed by atoms with van der Waals surface area (Å²) in [5, 5.41) is 20.6. The number of carboxylic acids is 2. The van der Waals surface area contributed by atoms with E-state index in [9.17, 15) is 19.8 Å². The van der Waals surface area contributed by atoms with Gasteiger partial charge in [0.1, 0.15) is 0 Å². The number of allylic oxidation sites excluding steroid dienone is 2. The second-order valence-electron chi connectivity index (χ2n) is 9.24. The normalized spacial score (nSPS) is 24.3. The van der Waals surface area contributed by atoms with Crippen molar-refractivity contribution in [2.75, 3.05) is 0 Å². The van der Waals surface area contributed by atoms with Crippen molar-refractivity contribution >= 4 is 11.9 Å². The van der Waals surface area contributed by atoms with Gasteiger partial charge in [0.25, 0.3) is 0 Å². The van der Waals surface area contributed by atoms with E-state index in [0.717, 1.165) is 44.1 Å². The number of carboxylic acid groups (broad SMARTS) is 2. The Bertz CT molecular complexity index is 539. The zero-order valence-electron chi connectivity index (χ0n) is 19.1. The van der Waals surface area contributed by atoms with E-state index in [1.807, 2.05) is 13.0 Å². The van der Waals surface area contributed by atoms with Gasteiger partial charge in [-0.15, -0.1) is 0 Å². The molecule has 0 saturated carbocycles. The molecule has 0 aliphatic heterocycles. The Morgan fingerprint density at radius 3 is 1.62 bits per heavy atom. The third-order valence-corrected chi connectivity index (χ3v) is 7.03. The summed E-state index contributed by atoms with van der Waals surface area (Å²) in [7, 11) is 0. The Hall–Kier alpha value is -1.32. The van der Waals surface area contributed by atoms with Crippen LogP contribution in [0.15, 0.2) is 11.6 Å². The van der Waals surface area contributed by atoms with Gasteiger partial charge >= 0.3 is 11.9 Å². The van der Waals surface area contributed by atoms with Crippen molar-refractivity contribution in [3.05, 3.63) is 11.6 Å². The van der Waals surface area contributed by atoms with Gasteiger partial charge in [-0.2, -0.15) is 0 Å². The highest BCUT2D eigenvalue weighted by molar-refractivity contribution is 5.87. The first kappa shape index (κ1) is 25.7. The van der Waals surface area contributed by atoms with E-state index in [-0.39, 0.29) is 0 Å². The zero-order valence-corrected chi connectivity index (χ0v) is 19.1. The topological polar surface area (TPSA) is 74.6 Å². The summed E-state index contributed by atoms with van der Waals surface area (Å²) in [5.74, 6) is -1.82. The van der Waals surface area contributed by atoms with Crippen LogP contribution in [0.25, 0.3) is 0 Å². The monoisotopic (exact) mass is 408 g/mol. The minimum absolute atomic E-state index is 0.352. The molecular formula is C25H44O4. The fourth-order valence-electron chi connectivity index (χ4n) is 5.13. The van der Waals surface area contributed by atoms with Crippen LogP contribution in [0.1, 0.15) is 124 Å². The Balaban J connectivity index is 2.94. The molecule has 2 atom stereocenters. The lowest BCUT2D eigenvalue weighted by Crippen LogP contribution is -2.54. The molecule has 2 unspecified atom stereocenters. The first-order valence-corrected chi connectivity index (χ1v) is 12.0. The van der Waals surface area contributed by atoms with Crippen LogP contribution in [0.3, 0.4) is 0 Å². The molecule has 0 amide bonds. The second kappa shape index (κ2) is 13.1. The van der Waals surface area contributed by atoms with E-state index in [2.05, 4.69) is 13.8 Å². The highest BCUT2D eigenvalue weighted by atomic mass is 16.4. The second-order valence-corrected chi connectivity index (χ2v) is 9.24. The maximum Gasteiger partial charge on any atom is 0.311 e. The number of carbonyl (C=O) groups is 2. The van der Waals surface area contributed by atoms with Crippen LogP contribution in [0.2, 0.25) is 0 Å². The summed E-state index contributed by atoms with van der Waals surface area (Å²) in [4.78, 5) is 25.1. The van der Waals surface area contributed by atoms with Crippen LogP contribution >= 0.6 is 0 Å². The lowest BCUT2D eigenvalue weighted by Gasteiger charge is -2.48. The molecule has 168 valence electrons. The van der Waals surface area contributed by atoms with E-state index in [1.165, 1.54) is 38.5 Å². The molecule has 1 aliphatic carbocycles. The minimum Gasteiger partial charge on any atom is -0.481 e. The molecule has 1 rings (SSSR count). The van der Waals surface area contributed by atoms with Crippen molar-refractivity contribution < 1.29 is 19.8 Å². The Kier molecular flexibility index (Phi) is 11.6. The van der Waals surface area contributed by atoms with Gasteiger partial charge in [-0.25, -0.2) is 0 Å². The molecule has 0 aromatic rings. The Morgan fingerprint density at radius 1 is 0.759 bits per heavy atom. The van der Waals surface area contributed by atoms with Crippen molar-refractivity contribution in [1.82, 2.24) is 0 Å². The first-order valence-electron chi connectivity index (χ1n) is 12.0. The first-order chi connectivity index (χ1) is 13.9. The van der Waals surface area contributed by atoms with Crippen LogP contribution in [-0.4, -0.2) is 22.2 Å². The number of rotatable bonds is 16. The summed E-state index contributed by atoms with van der Waals surface area (Å²) in [5.41, 5.74) is -1.32. The summed E-state index contributed by atoms with van der Waals surface area (Å²) < 4.78 is 0. The van der Waals surface area contributed by atoms with Gasteiger partial charge in [0.2, 0.25) is 0 Å². The van der Waals surface area contributed by atoms with Gasteiger partial charge < -0.3 is 10.2 Å². The van der Waals surface area contributed by atoms with E-state index in [1.54, 1.807) is 0 Å². The van der Waals surface area contributed by atoms with Crippen LogP contribution in [-0.2, 0) is 9.59 Å². The lowest BCUT2D eigenvalue weighted by atomic mass is 9.52. The molecule has 0 radical (unpaired) electrons. The van der Waals surface area contributed by atoms with E-state index < -0.39 is 22.8 Å². The molecule has 0 spiro atoms. The molecule has 0 heterocycles. The smallest absolute Gasteiger partial charge is 0.311 e. The Morgan fingerprint density at radius 2 is 1.17 bits per heavy atom. The molecule has 4 nitrogen and oxygen atoms in total. The standard InChI is InChI=1S/C25H44O4/c1-4-6-8-10-12-14-17-24(22(26)27)19-16-21(3)20-25(24,23(28)29)18-15-13-11-9-7-5-2/h16H,4-15,17-20H2,1-3H3,(H,26,27)(H,28,29). The largest absolute Gasteiger partial charge is 0.481 e. The number of hydrogen-bond donors (Lipinski definition) is 2. The van der Waals surface area contributed by atoms with E-state index in [4.69, 9.17) is 0 Å². The van der Waals surface area contributed by atoms with Gasteiger partial charge in [-0.05, 0) is 32.6 Å². The Labute approximate surface area is 178 Å². The highest BCUT2D eigenvalue weighted by Gasteiger charge is 2.61. The summed E-state index contributed by atoms with van der Waals surface area (Å²) >= 11 is 0. The van der Waals surface area contributed by atoms with Crippen LogP contribution in [0.5, 0.6) is 0 Å². The third kappa shape index (κ3) is 6.86. The van der Waals surface area contributed by atoms with Crippen LogP contribution in [0, 0.1) is 10.8 Å². The number of aliphatic carboxylic acids is 2. The molecule has 0 aromatic heterocycles. The van der Waals surface area contributed by atoms with Crippen LogP contribution in [0.4, 0.5) is 0 Å². The van der Waals surface area contributed by atoms with Crippen molar-refractivity contribution in [2.24, 2.45) is 10.8 Å².